The Hall–Kier alpha value is -0.710. The number of nitrogens with zero attached hydrogens (tertiary/aromatic N) is 1. The van der Waals surface area contributed by atoms with Crippen molar-refractivity contribution in [2.45, 2.75) is 30.9 Å². The van der Waals surface area contributed by atoms with Gasteiger partial charge in [-0.15, -0.1) is 0 Å². The fraction of sp³-hybridized carbons (Fsp3) is 0.625. The van der Waals surface area contributed by atoms with Gasteiger partial charge in [0.25, 0.3) is 0 Å². The Labute approximate surface area is 127 Å². The number of nitrogens with one attached hydrogen (secondary N) is 1. The molecule has 0 aromatic heterocycles. The summed E-state index contributed by atoms with van der Waals surface area (Å²) in [7, 11) is 1.73. The molecule has 1 aromatic carbocycles. The van der Waals surface area contributed by atoms with Gasteiger partial charge in [-0.3, -0.25) is 0 Å². The van der Waals surface area contributed by atoms with Crippen LogP contribution in [0.15, 0.2) is 24.3 Å². The minimum Gasteiger partial charge on any atom is -0.383 e. The van der Waals surface area contributed by atoms with Crippen LogP contribution < -0.4 is 10.2 Å². The molecule has 20 heavy (non-hydrogen) atoms. The molecule has 0 bridgehead atoms. The van der Waals surface area contributed by atoms with E-state index < -0.39 is 0 Å². The lowest BCUT2D eigenvalue weighted by Crippen LogP contribution is -2.40. The third-order valence-electron chi connectivity index (χ3n) is 3.53. The van der Waals surface area contributed by atoms with Crippen LogP contribution in [-0.2, 0) is 11.3 Å². The van der Waals surface area contributed by atoms with E-state index in [1.54, 1.807) is 7.11 Å². The molecule has 0 spiro atoms. The summed E-state index contributed by atoms with van der Waals surface area (Å²) in [6.07, 6.45) is 0. The van der Waals surface area contributed by atoms with E-state index in [-0.39, 0.29) is 0 Å². The first-order chi connectivity index (χ1) is 9.69. The largest absolute Gasteiger partial charge is 0.383 e. The smallest absolute Gasteiger partial charge is 0.0587 e. The Bertz CT molecular complexity index is 386. The molecule has 0 aliphatic carbocycles. The van der Waals surface area contributed by atoms with Crippen molar-refractivity contribution < 1.29 is 4.74 Å². The van der Waals surface area contributed by atoms with E-state index in [2.05, 4.69) is 60.1 Å². The predicted molar refractivity (Wildman–Crippen MR) is 88.8 cm³/mol. The Morgan fingerprint density at radius 1 is 1.20 bits per heavy atom. The van der Waals surface area contributed by atoms with Crippen molar-refractivity contribution in [2.24, 2.45) is 0 Å². The van der Waals surface area contributed by atoms with Crippen LogP contribution in [0, 0.1) is 0 Å². The maximum Gasteiger partial charge on any atom is 0.0587 e. The Morgan fingerprint density at radius 3 is 2.45 bits per heavy atom. The summed E-state index contributed by atoms with van der Waals surface area (Å²) < 4.78 is 5.03. The first-order valence-corrected chi connectivity index (χ1v) is 8.32. The summed E-state index contributed by atoms with van der Waals surface area (Å²) in [6.45, 7) is 9.52. The number of anilines is 1. The highest BCUT2D eigenvalue weighted by Gasteiger charge is 2.22. The maximum atomic E-state index is 5.03. The average Bonchev–Trinajstić information content (AvgIpc) is 2.43. The monoisotopic (exact) mass is 294 g/mol. The van der Waals surface area contributed by atoms with Gasteiger partial charge in [0.1, 0.15) is 0 Å². The highest BCUT2D eigenvalue weighted by atomic mass is 32.2. The van der Waals surface area contributed by atoms with Crippen molar-refractivity contribution in [3.63, 3.8) is 0 Å². The highest BCUT2D eigenvalue weighted by Crippen LogP contribution is 2.28. The van der Waals surface area contributed by atoms with Gasteiger partial charge in [0.05, 0.1) is 6.61 Å². The summed E-state index contributed by atoms with van der Waals surface area (Å²) in [4.78, 5) is 2.51. The molecule has 0 radical (unpaired) electrons. The van der Waals surface area contributed by atoms with Gasteiger partial charge >= 0.3 is 0 Å². The lowest BCUT2D eigenvalue weighted by molar-refractivity contribution is 0.199. The highest BCUT2D eigenvalue weighted by molar-refractivity contribution is 8.00. The van der Waals surface area contributed by atoms with Crippen molar-refractivity contribution in [2.75, 3.05) is 38.3 Å². The third-order valence-corrected chi connectivity index (χ3v) is 4.76. The Morgan fingerprint density at radius 2 is 1.85 bits per heavy atom. The molecule has 1 N–H and O–H groups in total. The standard InChI is InChI=1S/C16H26N2OS/c1-13-11-18(12-14(2)20-13)16-6-4-15(5-7-16)10-17-8-9-19-3/h4-7,13-14,17H,8-12H2,1-3H3. The van der Waals surface area contributed by atoms with Crippen LogP contribution in [-0.4, -0.2) is 43.9 Å². The number of rotatable bonds is 6. The van der Waals surface area contributed by atoms with Crippen molar-refractivity contribution in [3.8, 4) is 0 Å². The zero-order chi connectivity index (χ0) is 14.4. The molecule has 1 aliphatic rings. The van der Waals surface area contributed by atoms with Crippen LogP contribution in [0.1, 0.15) is 19.4 Å². The predicted octanol–water partition coefficient (Wildman–Crippen LogP) is 2.75. The third kappa shape index (κ3) is 4.69. The zero-order valence-corrected chi connectivity index (χ0v) is 13.6. The summed E-state index contributed by atoms with van der Waals surface area (Å²) in [5, 5.41) is 4.81. The number of thioether (sulfide) groups is 1. The average molecular weight is 294 g/mol. The number of hydrogen-bond donors (Lipinski definition) is 1. The fourth-order valence-electron chi connectivity index (χ4n) is 2.62. The van der Waals surface area contributed by atoms with Crippen molar-refractivity contribution in [1.29, 1.82) is 0 Å². The second kappa shape index (κ2) is 7.91. The maximum absolute atomic E-state index is 5.03. The van der Waals surface area contributed by atoms with Crippen LogP contribution >= 0.6 is 11.8 Å². The molecule has 0 saturated carbocycles. The van der Waals surface area contributed by atoms with E-state index in [4.69, 9.17) is 4.74 Å². The van der Waals surface area contributed by atoms with E-state index >= 15 is 0 Å². The summed E-state index contributed by atoms with van der Waals surface area (Å²) >= 11 is 2.09. The molecule has 1 fully saturated rings. The minimum atomic E-state index is 0.717. The van der Waals surface area contributed by atoms with E-state index in [1.807, 2.05) is 0 Å². The van der Waals surface area contributed by atoms with Gasteiger partial charge in [-0.2, -0.15) is 11.8 Å². The van der Waals surface area contributed by atoms with Crippen molar-refractivity contribution >= 4 is 17.4 Å². The summed E-state index contributed by atoms with van der Waals surface area (Å²) in [6, 6.07) is 8.96. The van der Waals surface area contributed by atoms with E-state index in [0.717, 1.165) is 32.8 Å². The lowest BCUT2D eigenvalue weighted by Gasteiger charge is -2.36. The molecule has 2 rings (SSSR count). The molecule has 1 aromatic rings. The Kier molecular flexibility index (Phi) is 6.20. The molecular formula is C16H26N2OS. The summed E-state index contributed by atoms with van der Waals surface area (Å²) in [5.41, 5.74) is 2.68. The van der Waals surface area contributed by atoms with Crippen molar-refractivity contribution in [3.05, 3.63) is 29.8 Å². The van der Waals surface area contributed by atoms with Crippen LogP contribution in [0.2, 0.25) is 0 Å². The van der Waals surface area contributed by atoms with Gasteiger partial charge in [0, 0.05) is 49.5 Å². The normalized spacial score (nSPS) is 23.1. The molecule has 2 atom stereocenters. The van der Waals surface area contributed by atoms with E-state index in [9.17, 15) is 0 Å². The quantitative estimate of drug-likeness (QED) is 0.815. The van der Waals surface area contributed by atoms with Crippen LogP contribution in [0.5, 0.6) is 0 Å². The number of benzene rings is 1. The van der Waals surface area contributed by atoms with Gasteiger partial charge in [0.15, 0.2) is 0 Å². The van der Waals surface area contributed by atoms with E-state index in [1.165, 1.54) is 11.3 Å². The number of methoxy groups -OCH3 is 1. The topological polar surface area (TPSA) is 24.5 Å². The molecule has 2 unspecified atom stereocenters. The minimum absolute atomic E-state index is 0.717. The van der Waals surface area contributed by atoms with Gasteiger partial charge in [0.2, 0.25) is 0 Å². The van der Waals surface area contributed by atoms with Crippen LogP contribution in [0.4, 0.5) is 5.69 Å². The molecular weight excluding hydrogens is 268 g/mol. The van der Waals surface area contributed by atoms with Gasteiger partial charge < -0.3 is 15.0 Å². The molecule has 112 valence electrons. The molecule has 0 amide bonds. The van der Waals surface area contributed by atoms with E-state index in [0.29, 0.717) is 10.5 Å². The SMILES string of the molecule is COCCNCc1ccc(N2CC(C)SC(C)C2)cc1. The first kappa shape index (κ1) is 15.7. The fourth-order valence-corrected chi connectivity index (χ4v) is 3.95. The number of ether oxygens (including phenoxy) is 1. The van der Waals surface area contributed by atoms with Crippen molar-refractivity contribution in [1.82, 2.24) is 5.32 Å². The molecule has 4 heteroatoms. The second-order valence-electron chi connectivity index (χ2n) is 5.50. The van der Waals surface area contributed by atoms with Crippen LogP contribution in [0.3, 0.4) is 0 Å². The summed E-state index contributed by atoms with van der Waals surface area (Å²) in [5.74, 6) is 0. The first-order valence-electron chi connectivity index (χ1n) is 7.38. The Balaban J connectivity index is 1.87. The lowest BCUT2D eigenvalue weighted by atomic mass is 10.2. The van der Waals surface area contributed by atoms with Gasteiger partial charge in [-0.25, -0.2) is 0 Å². The number of hydrogen-bond acceptors (Lipinski definition) is 4. The molecule has 1 aliphatic heterocycles. The second-order valence-corrected chi connectivity index (χ2v) is 7.38. The molecule has 3 nitrogen and oxygen atoms in total. The van der Waals surface area contributed by atoms with Gasteiger partial charge in [-0.05, 0) is 17.7 Å². The van der Waals surface area contributed by atoms with Gasteiger partial charge in [-0.1, -0.05) is 26.0 Å². The van der Waals surface area contributed by atoms with Crippen LogP contribution in [0.25, 0.3) is 0 Å². The molecule has 1 heterocycles. The molecule has 1 saturated heterocycles. The zero-order valence-electron chi connectivity index (χ0n) is 12.8.